The van der Waals surface area contributed by atoms with Crippen molar-refractivity contribution in [1.82, 2.24) is 4.90 Å². The first-order chi connectivity index (χ1) is 13.1. The second kappa shape index (κ2) is 8.27. The fourth-order valence-electron chi connectivity index (χ4n) is 3.15. The lowest BCUT2D eigenvalue weighted by atomic mass is 10.0. The molecule has 0 atom stereocenters. The van der Waals surface area contributed by atoms with Gasteiger partial charge in [0.1, 0.15) is 17.2 Å². The van der Waals surface area contributed by atoms with Gasteiger partial charge in [0.25, 0.3) is 0 Å². The molecule has 0 spiro atoms. The minimum absolute atomic E-state index is 0.143. The first kappa shape index (κ1) is 19.0. The highest BCUT2D eigenvalue weighted by atomic mass is 16.5. The van der Waals surface area contributed by atoms with Gasteiger partial charge in [0.2, 0.25) is 5.78 Å². The minimum atomic E-state index is -0.183. The Kier molecular flexibility index (Phi) is 5.81. The maximum absolute atomic E-state index is 12.8. The monoisotopic (exact) mass is 367 g/mol. The van der Waals surface area contributed by atoms with E-state index in [0.29, 0.717) is 35.8 Å². The van der Waals surface area contributed by atoms with Crippen molar-refractivity contribution >= 4 is 11.9 Å². The molecule has 5 nitrogen and oxygen atoms in total. The van der Waals surface area contributed by atoms with Crippen molar-refractivity contribution in [2.75, 3.05) is 19.7 Å². The molecule has 1 heterocycles. The summed E-state index contributed by atoms with van der Waals surface area (Å²) < 4.78 is 11.6. The van der Waals surface area contributed by atoms with Gasteiger partial charge in [-0.3, -0.25) is 9.69 Å². The van der Waals surface area contributed by atoms with Gasteiger partial charge in [0.15, 0.2) is 5.76 Å². The summed E-state index contributed by atoms with van der Waals surface area (Å²) in [6, 6.07) is 10.7. The third-order valence-corrected chi connectivity index (χ3v) is 4.70. The Balaban J connectivity index is 1.98. The number of fused-ring (bicyclic) bond motifs is 1. The number of carbonyl (C=O) groups excluding carboxylic acids is 1. The first-order valence-corrected chi connectivity index (χ1v) is 9.32. The number of carbonyl (C=O) groups is 1. The Morgan fingerprint density at radius 2 is 1.85 bits per heavy atom. The van der Waals surface area contributed by atoms with Crippen molar-refractivity contribution in [3.8, 4) is 17.2 Å². The number of nitrogens with zero attached hydrogens (tertiary/aromatic N) is 1. The molecule has 0 aliphatic carbocycles. The molecule has 1 aliphatic rings. The Hall–Kier alpha value is -2.79. The molecule has 2 aromatic rings. The lowest BCUT2D eigenvalue weighted by molar-refractivity contribution is 0.101. The van der Waals surface area contributed by atoms with Gasteiger partial charge in [-0.05, 0) is 44.3 Å². The zero-order chi connectivity index (χ0) is 19.4. The van der Waals surface area contributed by atoms with Crippen LogP contribution < -0.4 is 9.47 Å². The standard InChI is InChI=1S/C22H25NO4/c1-4-23(5-2)14-17-18(24)12-11-16-21(25)20(27-22(16)17)13-15-9-7-8-10-19(15)26-6-3/h7-13,24H,4-6,14H2,1-3H3/b20-13-. The Labute approximate surface area is 159 Å². The van der Waals surface area contributed by atoms with E-state index in [2.05, 4.69) is 18.7 Å². The van der Waals surface area contributed by atoms with Crippen molar-refractivity contribution < 1.29 is 19.4 Å². The van der Waals surface area contributed by atoms with Gasteiger partial charge in [-0.25, -0.2) is 0 Å². The SMILES string of the molecule is CCOc1ccccc1/C=C1\Oc2c(ccc(O)c2CN(CC)CC)C1=O. The number of aromatic hydroxyl groups is 1. The van der Waals surface area contributed by atoms with Crippen LogP contribution in [0.2, 0.25) is 0 Å². The van der Waals surface area contributed by atoms with Gasteiger partial charge in [0, 0.05) is 12.1 Å². The van der Waals surface area contributed by atoms with Gasteiger partial charge in [-0.2, -0.15) is 0 Å². The zero-order valence-corrected chi connectivity index (χ0v) is 16.0. The van der Waals surface area contributed by atoms with Crippen LogP contribution in [-0.2, 0) is 6.54 Å². The van der Waals surface area contributed by atoms with E-state index in [1.54, 1.807) is 18.2 Å². The second-order valence-electron chi connectivity index (χ2n) is 6.31. The number of ether oxygens (including phenoxy) is 2. The fourth-order valence-corrected chi connectivity index (χ4v) is 3.15. The molecular formula is C22H25NO4. The van der Waals surface area contributed by atoms with E-state index in [0.717, 1.165) is 18.7 Å². The summed E-state index contributed by atoms with van der Waals surface area (Å²) >= 11 is 0. The smallest absolute Gasteiger partial charge is 0.231 e. The third kappa shape index (κ3) is 3.83. The molecule has 1 N–H and O–H groups in total. The summed E-state index contributed by atoms with van der Waals surface area (Å²) in [6.07, 6.45) is 1.70. The summed E-state index contributed by atoms with van der Waals surface area (Å²) in [5.41, 5.74) is 1.91. The van der Waals surface area contributed by atoms with E-state index in [-0.39, 0.29) is 17.3 Å². The van der Waals surface area contributed by atoms with E-state index >= 15 is 0 Å². The number of phenols is 1. The predicted octanol–water partition coefficient (Wildman–Crippen LogP) is 4.25. The van der Waals surface area contributed by atoms with Crippen LogP contribution in [0.25, 0.3) is 6.08 Å². The Morgan fingerprint density at radius 3 is 2.56 bits per heavy atom. The van der Waals surface area contributed by atoms with Gasteiger partial charge >= 0.3 is 0 Å². The maximum Gasteiger partial charge on any atom is 0.231 e. The van der Waals surface area contributed by atoms with Gasteiger partial charge in [0.05, 0.1) is 17.7 Å². The van der Waals surface area contributed by atoms with Crippen LogP contribution >= 0.6 is 0 Å². The number of rotatable bonds is 7. The highest BCUT2D eigenvalue weighted by molar-refractivity contribution is 6.15. The number of hydrogen-bond acceptors (Lipinski definition) is 5. The Bertz CT molecular complexity index is 869. The predicted molar refractivity (Wildman–Crippen MR) is 105 cm³/mol. The number of ketones is 1. The zero-order valence-electron chi connectivity index (χ0n) is 16.0. The molecule has 0 saturated heterocycles. The molecule has 0 radical (unpaired) electrons. The molecule has 0 bridgehead atoms. The van der Waals surface area contributed by atoms with Gasteiger partial charge in [-0.15, -0.1) is 0 Å². The summed E-state index contributed by atoms with van der Waals surface area (Å²) in [6.45, 7) is 8.79. The van der Waals surface area contributed by atoms with E-state index in [1.807, 2.05) is 31.2 Å². The van der Waals surface area contributed by atoms with Crippen molar-refractivity contribution in [1.29, 1.82) is 0 Å². The third-order valence-electron chi connectivity index (χ3n) is 4.70. The molecule has 142 valence electrons. The molecule has 1 aliphatic heterocycles. The molecule has 0 saturated carbocycles. The summed E-state index contributed by atoms with van der Waals surface area (Å²) in [7, 11) is 0. The molecule has 5 heteroatoms. The molecule has 0 unspecified atom stereocenters. The summed E-state index contributed by atoms with van der Waals surface area (Å²) in [5, 5.41) is 10.3. The van der Waals surface area contributed by atoms with E-state index in [4.69, 9.17) is 9.47 Å². The number of Topliss-reactive ketones (excluding diaryl/α,β-unsaturated/α-hetero) is 1. The summed E-state index contributed by atoms with van der Waals surface area (Å²) in [4.78, 5) is 15.0. The fraction of sp³-hybridized carbons (Fsp3) is 0.318. The highest BCUT2D eigenvalue weighted by Gasteiger charge is 2.31. The number of para-hydroxylation sites is 1. The Morgan fingerprint density at radius 1 is 1.11 bits per heavy atom. The number of hydrogen-bond donors (Lipinski definition) is 1. The first-order valence-electron chi connectivity index (χ1n) is 9.32. The minimum Gasteiger partial charge on any atom is -0.507 e. The molecule has 3 rings (SSSR count). The molecule has 0 aromatic heterocycles. The average Bonchev–Trinajstić information content (AvgIpc) is 2.99. The van der Waals surface area contributed by atoms with Crippen LogP contribution in [0.1, 0.15) is 42.3 Å². The molecule has 27 heavy (non-hydrogen) atoms. The molecule has 2 aromatic carbocycles. The topological polar surface area (TPSA) is 59.0 Å². The average molecular weight is 367 g/mol. The number of allylic oxidation sites excluding steroid dienone is 1. The van der Waals surface area contributed by atoms with Crippen molar-refractivity contribution in [2.45, 2.75) is 27.3 Å². The lowest BCUT2D eigenvalue weighted by Crippen LogP contribution is -2.22. The molecule has 0 amide bonds. The van der Waals surface area contributed by atoms with E-state index in [1.165, 1.54) is 0 Å². The van der Waals surface area contributed by atoms with Crippen LogP contribution in [0, 0.1) is 0 Å². The van der Waals surface area contributed by atoms with Crippen molar-refractivity contribution in [3.05, 3.63) is 58.8 Å². The van der Waals surface area contributed by atoms with E-state index in [9.17, 15) is 9.90 Å². The van der Waals surface area contributed by atoms with Crippen molar-refractivity contribution in [2.24, 2.45) is 0 Å². The van der Waals surface area contributed by atoms with Crippen LogP contribution in [0.4, 0.5) is 0 Å². The second-order valence-corrected chi connectivity index (χ2v) is 6.31. The van der Waals surface area contributed by atoms with Crippen LogP contribution in [0.3, 0.4) is 0 Å². The van der Waals surface area contributed by atoms with Crippen molar-refractivity contribution in [3.63, 3.8) is 0 Å². The van der Waals surface area contributed by atoms with Crippen LogP contribution in [-0.4, -0.2) is 35.5 Å². The van der Waals surface area contributed by atoms with Crippen LogP contribution in [0.5, 0.6) is 17.2 Å². The number of phenolic OH excluding ortho intramolecular Hbond substituents is 1. The van der Waals surface area contributed by atoms with Gasteiger partial charge < -0.3 is 14.6 Å². The lowest BCUT2D eigenvalue weighted by Gasteiger charge is -2.20. The van der Waals surface area contributed by atoms with E-state index < -0.39 is 0 Å². The quantitative estimate of drug-likeness (QED) is 0.742. The maximum atomic E-state index is 12.8. The summed E-state index contributed by atoms with van der Waals surface area (Å²) in [5.74, 6) is 1.35. The van der Waals surface area contributed by atoms with Gasteiger partial charge in [-0.1, -0.05) is 32.0 Å². The highest BCUT2D eigenvalue weighted by Crippen LogP contribution is 2.40. The molecule has 0 fully saturated rings. The van der Waals surface area contributed by atoms with Crippen LogP contribution in [0.15, 0.2) is 42.2 Å². The normalized spacial score (nSPS) is 14.5. The number of benzene rings is 2. The largest absolute Gasteiger partial charge is 0.507 e. The molecular weight excluding hydrogens is 342 g/mol.